The van der Waals surface area contributed by atoms with E-state index in [1.54, 1.807) is 0 Å². The van der Waals surface area contributed by atoms with Crippen LogP contribution in [0.5, 0.6) is 5.75 Å². The van der Waals surface area contributed by atoms with Crippen LogP contribution in [0.2, 0.25) is 0 Å². The first-order chi connectivity index (χ1) is 10.8. The van der Waals surface area contributed by atoms with Crippen LogP contribution in [-0.4, -0.2) is 17.5 Å². The molecule has 0 bridgehead atoms. The minimum Gasteiger partial charge on any atom is -0.494 e. The van der Waals surface area contributed by atoms with Crippen LogP contribution in [0.15, 0.2) is 29.6 Å². The highest BCUT2D eigenvalue weighted by Crippen LogP contribution is 2.32. The van der Waals surface area contributed by atoms with Crippen LogP contribution in [0.4, 0.5) is 5.13 Å². The fourth-order valence-electron chi connectivity index (χ4n) is 2.07. The molecule has 0 saturated heterocycles. The van der Waals surface area contributed by atoms with Gasteiger partial charge in [0, 0.05) is 16.9 Å². The molecule has 0 spiro atoms. The van der Waals surface area contributed by atoms with Crippen LogP contribution in [0, 0.1) is 5.92 Å². The second-order valence-corrected chi connectivity index (χ2v) is 6.39. The van der Waals surface area contributed by atoms with Crippen LogP contribution in [0.3, 0.4) is 0 Å². The Balaban J connectivity index is 1.61. The predicted octanol–water partition coefficient (Wildman–Crippen LogP) is 4.34. The van der Waals surface area contributed by atoms with E-state index in [9.17, 15) is 4.79 Å². The number of carbonyl (C=O) groups excluding carboxylic acids is 1. The molecular weight excluding hydrogens is 296 g/mol. The van der Waals surface area contributed by atoms with E-state index in [1.807, 2.05) is 29.6 Å². The minimum atomic E-state index is 0.0978. The van der Waals surface area contributed by atoms with Gasteiger partial charge in [0.15, 0.2) is 5.13 Å². The van der Waals surface area contributed by atoms with Gasteiger partial charge in [-0.3, -0.25) is 4.79 Å². The number of aromatic nitrogens is 1. The zero-order valence-electron chi connectivity index (χ0n) is 12.7. The lowest BCUT2D eigenvalue weighted by Crippen LogP contribution is -2.12. The molecule has 1 aromatic carbocycles. The standard InChI is InChI=1S/C17H20N2O2S/c1-2-3-10-21-14-8-6-12(7-9-14)15-11-22-17(18-15)19-16(20)13-4-5-13/h6-9,11,13H,2-5,10H2,1H3,(H,18,19,20). The molecule has 0 aliphatic heterocycles. The number of ether oxygens (including phenoxy) is 1. The highest BCUT2D eigenvalue weighted by molar-refractivity contribution is 7.14. The zero-order chi connectivity index (χ0) is 15.4. The Bertz CT molecular complexity index is 632. The third-order valence-corrected chi connectivity index (χ3v) is 4.36. The Kier molecular flexibility index (Phi) is 4.73. The third kappa shape index (κ3) is 3.85. The normalized spacial score (nSPS) is 13.9. The van der Waals surface area contributed by atoms with E-state index in [4.69, 9.17) is 4.74 Å². The van der Waals surface area contributed by atoms with Gasteiger partial charge in [0.05, 0.1) is 12.3 Å². The van der Waals surface area contributed by atoms with E-state index in [-0.39, 0.29) is 11.8 Å². The smallest absolute Gasteiger partial charge is 0.229 e. The molecule has 0 radical (unpaired) electrons. The van der Waals surface area contributed by atoms with Gasteiger partial charge in [-0.15, -0.1) is 11.3 Å². The lowest BCUT2D eigenvalue weighted by molar-refractivity contribution is -0.117. The van der Waals surface area contributed by atoms with Crippen molar-refractivity contribution in [1.29, 1.82) is 0 Å². The molecule has 5 heteroatoms. The summed E-state index contributed by atoms with van der Waals surface area (Å²) in [5.74, 6) is 1.18. The first-order valence-electron chi connectivity index (χ1n) is 7.76. The Morgan fingerprint density at radius 2 is 2.14 bits per heavy atom. The molecule has 1 aliphatic rings. The third-order valence-electron chi connectivity index (χ3n) is 3.60. The minimum absolute atomic E-state index is 0.0978. The molecule has 2 aromatic rings. The predicted molar refractivity (Wildman–Crippen MR) is 89.3 cm³/mol. The number of anilines is 1. The summed E-state index contributed by atoms with van der Waals surface area (Å²) in [7, 11) is 0. The summed E-state index contributed by atoms with van der Waals surface area (Å²) in [6, 6.07) is 7.94. The Morgan fingerprint density at radius 1 is 1.36 bits per heavy atom. The van der Waals surface area contributed by atoms with Gasteiger partial charge in [-0.05, 0) is 43.5 Å². The first kappa shape index (κ1) is 15.0. The summed E-state index contributed by atoms with van der Waals surface area (Å²) in [6.45, 7) is 2.90. The van der Waals surface area contributed by atoms with E-state index >= 15 is 0 Å². The van der Waals surface area contributed by atoms with E-state index in [0.29, 0.717) is 5.13 Å². The molecule has 1 saturated carbocycles. The van der Waals surface area contributed by atoms with Gasteiger partial charge < -0.3 is 10.1 Å². The van der Waals surface area contributed by atoms with Gasteiger partial charge in [0.2, 0.25) is 5.91 Å². The van der Waals surface area contributed by atoms with Gasteiger partial charge in [-0.25, -0.2) is 4.98 Å². The second-order valence-electron chi connectivity index (χ2n) is 5.53. The summed E-state index contributed by atoms with van der Waals surface area (Å²) in [4.78, 5) is 16.2. The fourth-order valence-corrected chi connectivity index (χ4v) is 2.80. The van der Waals surface area contributed by atoms with Crippen molar-refractivity contribution in [3.05, 3.63) is 29.6 Å². The molecule has 1 amide bonds. The van der Waals surface area contributed by atoms with Crippen molar-refractivity contribution >= 4 is 22.4 Å². The number of amides is 1. The highest BCUT2D eigenvalue weighted by atomic mass is 32.1. The molecule has 1 N–H and O–H groups in total. The van der Waals surface area contributed by atoms with Crippen molar-refractivity contribution in [3.8, 4) is 17.0 Å². The maximum Gasteiger partial charge on any atom is 0.229 e. The number of nitrogens with one attached hydrogen (secondary N) is 1. The lowest BCUT2D eigenvalue weighted by Gasteiger charge is -2.05. The summed E-state index contributed by atoms with van der Waals surface area (Å²) in [5.41, 5.74) is 1.92. The number of nitrogens with zero attached hydrogens (tertiary/aromatic N) is 1. The van der Waals surface area contributed by atoms with Crippen LogP contribution in [-0.2, 0) is 4.79 Å². The molecule has 4 nitrogen and oxygen atoms in total. The monoisotopic (exact) mass is 316 g/mol. The molecule has 1 aromatic heterocycles. The number of hydrogen-bond acceptors (Lipinski definition) is 4. The van der Waals surface area contributed by atoms with Crippen LogP contribution >= 0.6 is 11.3 Å². The van der Waals surface area contributed by atoms with E-state index < -0.39 is 0 Å². The van der Waals surface area contributed by atoms with Crippen molar-refractivity contribution < 1.29 is 9.53 Å². The SMILES string of the molecule is CCCCOc1ccc(-c2csc(NC(=O)C3CC3)n2)cc1. The molecule has 0 atom stereocenters. The van der Waals surface area contributed by atoms with Crippen molar-refractivity contribution in [2.45, 2.75) is 32.6 Å². The van der Waals surface area contributed by atoms with Crippen molar-refractivity contribution in [2.24, 2.45) is 5.92 Å². The van der Waals surface area contributed by atoms with E-state index in [2.05, 4.69) is 17.2 Å². The Morgan fingerprint density at radius 3 is 2.82 bits per heavy atom. The number of rotatable bonds is 7. The number of thiazole rings is 1. The quantitative estimate of drug-likeness (QED) is 0.773. The number of unbranched alkanes of at least 4 members (excludes halogenated alkanes) is 1. The topological polar surface area (TPSA) is 51.2 Å². The van der Waals surface area contributed by atoms with Gasteiger partial charge in [0.1, 0.15) is 5.75 Å². The van der Waals surface area contributed by atoms with Crippen LogP contribution in [0.25, 0.3) is 11.3 Å². The molecule has 1 aliphatic carbocycles. The summed E-state index contributed by atoms with van der Waals surface area (Å²) >= 11 is 1.46. The van der Waals surface area contributed by atoms with Gasteiger partial charge in [-0.1, -0.05) is 13.3 Å². The summed E-state index contributed by atoms with van der Waals surface area (Å²) in [5, 5.41) is 5.53. The number of benzene rings is 1. The Hall–Kier alpha value is -1.88. The van der Waals surface area contributed by atoms with Gasteiger partial charge in [-0.2, -0.15) is 0 Å². The average molecular weight is 316 g/mol. The Labute approximate surface area is 134 Å². The number of carbonyl (C=O) groups is 1. The summed E-state index contributed by atoms with van der Waals surface area (Å²) in [6.07, 6.45) is 4.21. The molecule has 3 rings (SSSR count). The van der Waals surface area contributed by atoms with Crippen molar-refractivity contribution in [1.82, 2.24) is 4.98 Å². The largest absolute Gasteiger partial charge is 0.494 e. The van der Waals surface area contributed by atoms with Crippen molar-refractivity contribution in [2.75, 3.05) is 11.9 Å². The molecular formula is C17H20N2O2S. The average Bonchev–Trinajstić information content (AvgIpc) is 3.29. The molecule has 0 unspecified atom stereocenters. The molecule has 116 valence electrons. The van der Waals surface area contributed by atoms with E-state index in [1.165, 1.54) is 11.3 Å². The fraction of sp³-hybridized carbons (Fsp3) is 0.412. The summed E-state index contributed by atoms with van der Waals surface area (Å²) < 4.78 is 5.65. The maximum absolute atomic E-state index is 11.7. The number of hydrogen-bond donors (Lipinski definition) is 1. The van der Waals surface area contributed by atoms with Gasteiger partial charge >= 0.3 is 0 Å². The highest BCUT2D eigenvalue weighted by Gasteiger charge is 2.30. The van der Waals surface area contributed by atoms with Gasteiger partial charge in [0.25, 0.3) is 0 Å². The second kappa shape index (κ2) is 6.92. The molecule has 22 heavy (non-hydrogen) atoms. The first-order valence-corrected chi connectivity index (χ1v) is 8.64. The van der Waals surface area contributed by atoms with Crippen molar-refractivity contribution in [3.63, 3.8) is 0 Å². The van der Waals surface area contributed by atoms with Crippen LogP contribution < -0.4 is 10.1 Å². The van der Waals surface area contributed by atoms with Crippen LogP contribution in [0.1, 0.15) is 32.6 Å². The maximum atomic E-state index is 11.7. The molecule has 1 fully saturated rings. The lowest BCUT2D eigenvalue weighted by atomic mass is 10.2. The van der Waals surface area contributed by atoms with E-state index in [0.717, 1.165) is 49.3 Å². The zero-order valence-corrected chi connectivity index (χ0v) is 13.5. The molecule has 1 heterocycles.